The van der Waals surface area contributed by atoms with E-state index in [-0.39, 0.29) is 18.1 Å². The lowest BCUT2D eigenvalue weighted by Gasteiger charge is -2.12. The molecule has 6 heteroatoms. The third-order valence-corrected chi connectivity index (χ3v) is 2.64. The van der Waals surface area contributed by atoms with Crippen molar-refractivity contribution in [3.8, 4) is 0 Å². The smallest absolute Gasteiger partial charge is 0.374 e. The molecule has 0 aliphatic carbocycles. The van der Waals surface area contributed by atoms with Crippen LogP contribution in [0.5, 0.6) is 0 Å². The molecular weight excluding hydrogens is 276 g/mol. The van der Waals surface area contributed by atoms with Gasteiger partial charge in [-0.3, -0.25) is 0 Å². The summed E-state index contributed by atoms with van der Waals surface area (Å²) < 4.78 is 20.4. The van der Waals surface area contributed by atoms with Gasteiger partial charge in [-0.2, -0.15) is 0 Å². The standard InChI is InChI=1S/C15H16O6/c1-9-4-6-12(19-9)14(16)18-8-11(3)21-15(17)13-7-5-10(2)20-13/h4-7,11H,8H2,1-3H3. The first kappa shape index (κ1) is 14.9. The van der Waals surface area contributed by atoms with Gasteiger partial charge < -0.3 is 18.3 Å². The SMILES string of the molecule is Cc1ccc(C(=O)OCC(C)OC(=O)c2ccc(C)o2)o1. The fourth-order valence-electron chi connectivity index (χ4n) is 1.63. The van der Waals surface area contributed by atoms with Gasteiger partial charge in [-0.25, -0.2) is 9.59 Å². The molecule has 6 nitrogen and oxygen atoms in total. The number of esters is 2. The zero-order valence-electron chi connectivity index (χ0n) is 12.0. The van der Waals surface area contributed by atoms with Crippen LogP contribution in [0.3, 0.4) is 0 Å². The number of hydrogen-bond acceptors (Lipinski definition) is 6. The van der Waals surface area contributed by atoms with Crippen molar-refractivity contribution in [2.24, 2.45) is 0 Å². The Morgan fingerprint density at radius 3 is 2.00 bits per heavy atom. The van der Waals surface area contributed by atoms with Gasteiger partial charge in [-0.1, -0.05) is 0 Å². The van der Waals surface area contributed by atoms with Crippen LogP contribution in [-0.2, 0) is 9.47 Å². The number of carbonyl (C=O) groups is 2. The first-order valence-electron chi connectivity index (χ1n) is 6.46. The summed E-state index contributed by atoms with van der Waals surface area (Å²) in [5.41, 5.74) is 0. The van der Waals surface area contributed by atoms with Gasteiger partial charge in [0.15, 0.2) is 0 Å². The van der Waals surface area contributed by atoms with Crippen molar-refractivity contribution in [2.75, 3.05) is 6.61 Å². The Balaban J connectivity index is 1.80. The van der Waals surface area contributed by atoms with Crippen LogP contribution in [0.15, 0.2) is 33.1 Å². The highest BCUT2D eigenvalue weighted by atomic mass is 16.6. The number of carbonyl (C=O) groups excluding carboxylic acids is 2. The quantitative estimate of drug-likeness (QED) is 0.788. The average Bonchev–Trinajstić information content (AvgIpc) is 3.04. The van der Waals surface area contributed by atoms with Crippen molar-refractivity contribution in [1.29, 1.82) is 0 Å². The van der Waals surface area contributed by atoms with Crippen molar-refractivity contribution in [2.45, 2.75) is 26.9 Å². The maximum atomic E-state index is 11.7. The van der Waals surface area contributed by atoms with Crippen LogP contribution in [0, 0.1) is 13.8 Å². The molecule has 0 saturated heterocycles. The maximum absolute atomic E-state index is 11.7. The molecule has 1 unspecified atom stereocenters. The van der Waals surface area contributed by atoms with Gasteiger partial charge in [0.05, 0.1) is 0 Å². The van der Waals surface area contributed by atoms with E-state index in [1.54, 1.807) is 32.9 Å². The Morgan fingerprint density at radius 2 is 1.52 bits per heavy atom. The molecule has 0 saturated carbocycles. The zero-order valence-corrected chi connectivity index (χ0v) is 12.0. The van der Waals surface area contributed by atoms with E-state index < -0.39 is 18.0 Å². The molecule has 0 aromatic carbocycles. The minimum atomic E-state index is -0.597. The van der Waals surface area contributed by atoms with Crippen molar-refractivity contribution in [3.05, 3.63) is 47.3 Å². The highest BCUT2D eigenvalue weighted by Gasteiger charge is 2.18. The maximum Gasteiger partial charge on any atom is 0.374 e. The molecule has 0 spiro atoms. The van der Waals surface area contributed by atoms with Gasteiger partial charge in [0, 0.05) is 0 Å². The summed E-state index contributed by atoms with van der Waals surface area (Å²) in [4.78, 5) is 23.4. The predicted molar refractivity (Wildman–Crippen MR) is 72.1 cm³/mol. The molecular formula is C15H16O6. The van der Waals surface area contributed by atoms with E-state index in [0.29, 0.717) is 11.5 Å². The van der Waals surface area contributed by atoms with Crippen molar-refractivity contribution >= 4 is 11.9 Å². The van der Waals surface area contributed by atoms with E-state index in [1.807, 2.05) is 0 Å². The van der Waals surface area contributed by atoms with E-state index in [9.17, 15) is 9.59 Å². The summed E-state index contributed by atoms with van der Waals surface area (Å²) in [5.74, 6) is 0.282. The summed E-state index contributed by atoms with van der Waals surface area (Å²) in [7, 11) is 0. The molecule has 0 aliphatic heterocycles. The molecule has 1 atom stereocenters. The van der Waals surface area contributed by atoms with E-state index in [1.165, 1.54) is 12.1 Å². The lowest BCUT2D eigenvalue weighted by Crippen LogP contribution is -2.22. The van der Waals surface area contributed by atoms with E-state index in [0.717, 1.165) is 0 Å². The first-order valence-corrected chi connectivity index (χ1v) is 6.46. The van der Waals surface area contributed by atoms with Crippen molar-refractivity contribution in [1.82, 2.24) is 0 Å². The van der Waals surface area contributed by atoms with Crippen molar-refractivity contribution < 1.29 is 27.9 Å². The van der Waals surface area contributed by atoms with Gasteiger partial charge >= 0.3 is 11.9 Å². The lowest BCUT2D eigenvalue weighted by molar-refractivity contribution is 0.000983. The summed E-state index contributed by atoms with van der Waals surface area (Å²) in [6, 6.07) is 6.39. The third-order valence-electron chi connectivity index (χ3n) is 2.64. The molecule has 0 bridgehead atoms. The second-order valence-corrected chi connectivity index (χ2v) is 4.63. The molecule has 0 radical (unpaired) electrons. The highest BCUT2D eigenvalue weighted by molar-refractivity contribution is 5.87. The number of furan rings is 2. The Bertz CT molecular complexity index is 636. The Kier molecular flexibility index (Phi) is 4.47. The highest BCUT2D eigenvalue weighted by Crippen LogP contribution is 2.11. The molecule has 2 heterocycles. The van der Waals surface area contributed by atoms with E-state index in [4.69, 9.17) is 18.3 Å². The largest absolute Gasteiger partial charge is 0.456 e. The second-order valence-electron chi connectivity index (χ2n) is 4.63. The normalized spacial score (nSPS) is 12.0. The Morgan fingerprint density at radius 1 is 1.00 bits per heavy atom. The average molecular weight is 292 g/mol. The van der Waals surface area contributed by atoms with Gasteiger partial charge in [-0.15, -0.1) is 0 Å². The molecule has 112 valence electrons. The van der Waals surface area contributed by atoms with E-state index in [2.05, 4.69) is 0 Å². The molecule has 2 aromatic rings. The molecule has 21 heavy (non-hydrogen) atoms. The first-order chi connectivity index (χ1) is 9.95. The number of aryl methyl sites for hydroxylation is 2. The van der Waals surface area contributed by atoms with E-state index >= 15 is 0 Å². The zero-order chi connectivity index (χ0) is 15.4. The minimum absolute atomic E-state index is 0.0655. The van der Waals surface area contributed by atoms with Gasteiger partial charge in [-0.05, 0) is 45.0 Å². The van der Waals surface area contributed by atoms with Crippen molar-refractivity contribution in [3.63, 3.8) is 0 Å². The topological polar surface area (TPSA) is 78.9 Å². The monoisotopic (exact) mass is 292 g/mol. The van der Waals surface area contributed by atoms with Crippen LogP contribution in [0.2, 0.25) is 0 Å². The van der Waals surface area contributed by atoms with Crippen LogP contribution >= 0.6 is 0 Å². The van der Waals surface area contributed by atoms with Crippen LogP contribution in [0.25, 0.3) is 0 Å². The minimum Gasteiger partial charge on any atom is -0.456 e. The van der Waals surface area contributed by atoms with Gasteiger partial charge in [0.2, 0.25) is 11.5 Å². The van der Waals surface area contributed by atoms with Crippen LogP contribution in [0.4, 0.5) is 0 Å². The summed E-state index contributed by atoms with van der Waals surface area (Å²) in [6.07, 6.45) is -0.595. The fraction of sp³-hybridized carbons (Fsp3) is 0.333. The third kappa shape index (κ3) is 3.98. The van der Waals surface area contributed by atoms with Crippen LogP contribution in [-0.4, -0.2) is 24.6 Å². The van der Waals surface area contributed by atoms with Gasteiger partial charge in [0.25, 0.3) is 0 Å². The summed E-state index contributed by atoms with van der Waals surface area (Å²) in [6.45, 7) is 5.01. The van der Waals surface area contributed by atoms with Crippen LogP contribution < -0.4 is 0 Å². The van der Waals surface area contributed by atoms with Gasteiger partial charge in [0.1, 0.15) is 24.2 Å². The number of hydrogen-bond donors (Lipinski definition) is 0. The lowest BCUT2D eigenvalue weighted by atomic mass is 10.4. The fourth-order valence-corrected chi connectivity index (χ4v) is 1.63. The predicted octanol–water partition coefficient (Wildman–Crippen LogP) is 2.89. The molecule has 0 N–H and O–H groups in total. The Labute approximate surface area is 121 Å². The molecule has 0 fully saturated rings. The summed E-state index contributed by atoms with van der Waals surface area (Å²) >= 11 is 0. The summed E-state index contributed by atoms with van der Waals surface area (Å²) in [5, 5.41) is 0. The molecule has 0 amide bonds. The molecule has 0 aliphatic rings. The second kappa shape index (κ2) is 6.30. The Hall–Kier alpha value is -2.50. The number of rotatable bonds is 5. The number of ether oxygens (including phenoxy) is 2. The van der Waals surface area contributed by atoms with Crippen LogP contribution in [0.1, 0.15) is 39.6 Å². The molecule has 2 aromatic heterocycles. The molecule has 2 rings (SSSR count).